The lowest BCUT2D eigenvalue weighted by atomic mass is 10.0. The van der Waals surface area contributed by atoms with Gasteiger partial charge in [0.2, 0.25) is 0 Å². The Morgan fingerprint density at radius 3 is 2.33 bits per heavy atom. The van der Waals surface area contributed by atoms with E-state index in [0.717, 1.165) is 5.56 Å². The number of carbonyl (C=O) groups is 3. The maximum absolute atomic E-state index is 13.5. The number of nitrogens with one attached hydrogen (secondary N) is 1. The summed E-state index contributed by atoms with van der Waals surface area (Å²) in [5.41, 5.74) is 8.51. The van der Waals surface area contributed by atoms with Crippen LogP contribution in [0.3, 0.4) is 0 Å². The number of benzene rings is 2. The number of carboxylic acids is 1. The normalized spacial score (nSPS) is 15.8. The molecule has 2 aliphatic heterocycles. The van der Waals surface area contributed by atoms with Gasteiger partial charge in [0.1, 0.15) is 11.6 Å². The fourth-order valence-corrected chi connectivity index (χ4v) is 4.12. The molecule has 2 heterocycles. The Balaban J connectivity index is 1.57. The Kier molecular flexibility index (Phi) is 7.65. The molecule has 0 atom stereocenters. The van der Waals surface area contributed by atoms with E-state index >= 15 is 0 Å². The Hall–Kier alpha value is -4.18. The molecule has 2 aromatic carbocycles. The first-order valence-electron chi connectivity index (χ1n) is 11.6. The summed E-state index contributed by atoms with van der Waals surface area (Å²) >= 11 is 0. The van der Waals surface area contributed by atoms with Gasteiger partial charge >= 0.3 is 5.97 Å². The van der Waals surface area contributed by atoms with Crippen molar-refractivity contribution in [2.24, 2.45) is 5.73 Å². The van der Waals surface area contributed by atoms with Crippen LogP contribution < -0.4 is 10.6 Å². The molecule has 0 radical (unpaired) electrons. The summed E-state index contributed by atoms with van der Waals surface area (Å²) in [5.74, 6) is -1.01. The summed E-state index contributed by atoms with van der Waals surface area (Å²) in [7, 11) is 0. The average Bonchev–Trinajstić information content (AvgIpc) is 3.22. The van der Waals surface area contributed by atoms with E-state index < -0.39 is 5.97 Å². The first kappa shape index (κ1) is 24.9. The largest absolute Gasteiger partial charge is 0.485 e. The zero-order valence-electron chi connectivity index (χ0n) is 19.7. The zero-order chi connectivity index (χ0) is 25.7. The van der Waals surface area contributed by atoms with Gasteiger partial charge in [-0.15, -0.1) is 0 Å². The van der Waals surface area contributed by atoms with E-state index in [1.807, 2.05) is 0 Å². The second kappa shape index (κ2) is 11.0. The van der Waals surface area contributed by atoms with Crippen molar-refractivity contribution in [3.05, 3.63) is 71.0 Å². The van der Waals surface area contributed by atoms with Gasteiger partial charge in [0.25, 0.3) is 11.8 Å². The monoisotopic (exact) mass is 492 g/mol. The Morgan fingerprint density at radius 1 is 1.06 bits per heavy atom. The van der Waals surface area contributed by atoms with Gasteiger partial charge in [0.15, 0.2) is 6.61 Å². The van der Waals surface area contributed by atoms with Crippen LogP contribution in [0.5, 0.6) is 0 Å². The predicted molar refractivity (Wildman–Crippen MR) is 132 cm³/mol. The number of nitrogen functional groups attached to an aromatic ring is 1. The minimum Gasteiger partial charge on any atom is -0.485 e. The van der Waals surface area contributed by atoms with Gasteiger partial charge in [-0.1, -0.05) is 24.3 Å². The van der Waals surface area contributed by atoms with Crippen LogP contribution >= 0.6 is 0 Å². The van der Waals surface area contributed by atoms with Crippen molar-refractivity contribution >= 4 is 34.9 Å². The number of carbonyl (C=O) groups excluding carboxylic acids is 2. The van der Waals surface area contributed by atoms with E-state index in [9.17, 15) is 14.4 Å². The van der Waals surface area contributed by atoms with Crippen LogP contribution in [0.15, 0.2) is 54.3 Å². The van der Waals surface area contributed by atoms with Crippen LogP contribution in [-0.2, 0) is 30.3 Å². The van der Waals surface area contributed by atoms with Crippen molar-refractivity contribution in [1.29, 1.82) is 5.41 Å². The highest BCUT2D eigenvalue weighted by atomic mass is 16.5. The number of hydrogen-bond acceptors (Lipinski definition) is 6. The van der Waals surface area contributed by atoms with Crippen LogP contribution in [-0.4, -0.2) is 73.1 Å². The second-order valence-electron chi connectivity index (χ2n) is 8.52. The molecule has 0 unspecified atom stereocenters. The van der Waals surface area contributed by atoms with Gasteiger partial charge in [-0.05, 0) is 41.8 Å². The van der Waals surface area contributed by atoms with Crippen molar-refractivity contribution in [3.63, 3.8) is 0 Å². The smallest absolute Gasteiger partial charge is 0.303 e. The topological polar surface area (TPSA) is 146 Å². The maximum atomic E-state index is 13.5. The number of hydrogen-bond donors (Lipinski definition) is 3. The summed E-state index contributed by atoms with van der Waals surface area (Å²) < 4.78 is 11.2. The molecular formula is C26H28N4O6. The number of ether oxygens (including phenoxy) is 2. The number of aliphatic carboxylic acids is 1. The molecule has 2 aliphatic rings. The van der Waals surface area contributed by atoms with Gasteiger partial charge in [-0.2, -0.15) is 0 Å². The van der Waals surface area contributed by atoms with Gasteiger partial charge in [0.05, 0.1) is 25.3 Å². The van der Waals surface area contributed by atoms with Crippen molar-refractivity contribution in [2.75, 3.05) is 44.4 Å². The Labute approximate surface area is 208 Å². The van der Waals surface area contributed by atoms with E-state index in [-0.39, 0.29) is 37.2 Å². The molecule has 0 saturated carbocycles. The van der Waals surface area contributed by atoms with E-state index in [1.165, 1.54) is 0 Å². The SMILES string of the molecule is N=C(N)c1ccc(N2CC(OCC(=O)N3CCOCC3)=C(c3ccc(CCC(=O)O)cc3)C2=O)cc1. The van der Waals surface area contributed by atoms with E-state index in [2.05, 4.69) is 0 Å². The summed E-state index contributed by atoms with van der Waals surface area (Å²) in [4.78, 5) is 40.3. The molecule has 36 heavy (non-hydrogen) atoms. The quantitative estimate of drug-likeness (QED) is 0.356. The van der Waals surface area contributed by atoms with Crippen LogP contribution in [0.2, 0.25) is 0 Å². The first-order valence-corrected chi connectivity index (χ1v) is 11.6. The molecule has 1 saturated heterocycles. The lowest BCUT2D eigenvalue weighted by Crippen LogP contribution is -2.42. The zero-order valence-corrected chi connectivity index (χ0v) is 19.7. The molecule has 10 nitrogen and oxygen atoms in total. The molecule has 0 aromatic heterocycles. The van der Waals surface area contributed by atoms with Crippen molar-refractivity contribution in [3.8, 4) is 0 Å². The predicted octanol–water partition coefficient (Wildman–Crippen LogP) is 1.62. The van der Waals surface area contributed by atoms with Crippen molar-refractivity contribution in [2.45, 2.75) is 12.8 Å². The molecule has 1 fully saturated rings. The molecule has 0 bridgehead atoms. The summed E-state index contributed by atoms with van der Waals surface area (Å²) in [5, 5.41) is 16.5. The van der Waals surface area contributed by atoms with Gasteiger partial charge in [-0.3, -0.25) is 19.8 Å². The third kappa shape index (κ3) is 5.72. The maximum Gasteiger partial charge on any atom is 0.303 e. The molecular weight excluding hydrogens is 464 g/mol. The summed E-state index contributed by atoms with van der Waals surface area (Å²) in [6, 6.07) is 13.9. The fourth-order valence-electron chi connectivity index (χ4n) is 4.12. The molecule has 4 N–H and O–H groups in total. The lowest BCUT2D eigenvalue weighted by Gasteiger charge is -2.26. The molecule has 188 valence electrons. The molecule has 0 aliphatic carbocycles. The van der Waals surface area contributed by atoms with Crippen LogP contribution in [0.1, 0.15) is 23.1 Å². The Morgan fingerprint density at radius 2 is 1.72 bits per heavy atom. The van der Waals surface area contributed by atoms with Crippen LogP contribution in [0.25, 0.3) is 5.57 Å². The number of amidine groups is 1. The minimum absolute atomic E-state index is 0.0169. The van der Waals surface area contributed by atoms with E-state index in [0.29, 0.717) is 60.9 Å². The second-order valence-corrected chi connectivity index (χ2v) is 8.52. The number of amides is 2. The highest BCUT2D eigenvalue weighted by Gasteiger charge is 2.34. The lowest BCUT2D eigenvalue weighted by molar-refractivity contribution is -0.139. The summed E-state index contributed by atoms with van der Waals surface area (Å²) in [6.45, 7) is 1.91. The number of rotatable bonds is 9. The minimum atomic E-state index is -0.875. The molecule has 4 rings (SSSR count). The highest BCUT2D eigenvalue weighted by molar-refractivity contribution is 6.29. The number of morpholine rings is 1. The molecule has 2 aromatic rings. The van der Waals surface area contributed by atoms with Crippen molar-refractivity contribution in [1.82, 2.24) is 4.90 Å². The number of anilines is 1. The van der Waals surface area contributed by atoms with Gasteiger partial charge < -0.3 is 30.1 Å². The summed E-state index contributed by atoms with van der Waals surface area (Å²) in [6.07, 6.45) is 0.400. The third-order valence-electron chi connectivity index (χ3n) is 6.13. The average molecular weight is 493 g/mol. The third-order valence-corrected chi connectivity index (χ3v) is 6.13. The van der Waals surface area contributed by atoms with E-state index in [1.54, 1.807) is 58.3 Å². The number of nitrogens with two attached hydrogens (primary N) is 1. The fraction of sp³-hybridized carbons (Fsp3) is 0.308. The number of carboxylic acid groups (broad SMARTS) is 1. The Bertz CT molecular complexity index is 1180. The van der Waals surface area contributed by atoms with Crippen LogP contribution in [0.4, 0.5) is 5.69 Å². The van der Waals surface area contributed by atoms with Gasteiger partial charge in [-0.25, -0.2) is 0 Å². The molecule has 10 heteroatoms. The number of nitrogens with zero attached hydrogens (tertiary/aromatic N) is 2. The van der Waals surface area contributed by atoms with Crippen LogP contribution in [0, 0.1) is 5.41 Å². The number of aryl methyl sites for hydroxylation is 1. The van der Waals surface area contributed by atoms with Crippen molar-refractivity contribution < 1.29 is 29.0 Å². The molecule has 0 spiro atoms. The van der Waals surface area contributed by atoms with E-state index in [4.69, 9.17) is 25.7 Å². The standard InChI is InChI=1S/C26H28N4O6/c27-25(28)19-6-8-20(9-7-19)30-15-21(36-16-22(31)29-11-13-35-14-12-29)24(26(30)34)18-4-1-17(2-5-18)3-10-23(32)33/h1-2,4-9H,3,10-16H2,(H3,27,28)(H,32,33). The van der Waals surface area contributed by atoms with Gasteiger partial charge in [0, 0.05) is 30.8 Å². The first-order chi connectivity index (χ1) is 17.3. The molecule has 2 amide bonds. The highest BCUT2D eigenvalue weighted by Crippen LogP contribution is 2.33.